The molecule has 0 aliphatic rings. The summed E-state index contributed by atoms with van der Waals surface area (Å²) in [5.41, 5.74) is 4.89. The van der Waals surface area contributed by atoms with Gasteiger partial charge in [0, 0.05) is 6.54 Å². The van der Waals surface area contributed by atoms with E-state index in [2.05, 4.69) is 10.3 Å². The molecule has 8 heteroatoms. The maximum atomic E-state index is 12.7. The molecule has 0 saturated carbocycles. The topological polar surface area (TPSA) is 50.9 Å². The summed E-state index contributed by atoms with van der Waals surface area (Å²) in [5, 5.41) is 2.90. The van der Waals surface area contributed by atoms with Crippen molar-refractivity contribution in [1.82, 2.24) is 4.98 Å². The van der Waals surface area contributed by atoms with Gasteiger partial charge in [0.25, 0.3) is 0 Å². The van der Waals surface area contributed by atoms with Crippen LogP contribution in [-0.2, 0) is 6.18 Å². The van der Waals surface area contributed by atoms with Gasteiger partial charge in [-0.2, -0.15) is 24.9 Å². The minimum atomic E-state index is -4.48. The summed E-state index contributed by atoms with van der Waals surface area (Å²) in [7, 11) is 0. The Bertz CT molecular complexity index is 478. The Hall–Kier alpha value is -1.02. The quantitative estimate of drug-likeness (QED) is 0.560. The molecule has 1 aromatic rings. The van der Waals surface area contributed by atoms with Gasteiger partial charge in [0.05, 0.1) is 5.56 Å². The van der Waals surface area contributed by atoms with E-state index in [0.29, 0.717) is 12.1 Å². The summed E-state index contributed by atoms with van der Waals surface area (Å²) < 4.78 is 38.0. The number of alkyl halides is 3. The van der Waals surface area contributed by atoms with Gasteiger partial charge in [-0.05, 0) is 37.0 Å². The van der Waals surface area contributed by atoms with Gasteiger partial charge in [-0.25, -0.2) is 4.98 Å². The molecule has 1 rings (SSSR count). The van der Waals surface area contributed by atoms with Crippen LogP contribution in [0.25, 0.3) is 0 Å². The van der Waals surface area contributed by atoms with Crippen LogP contribution in [0.3, 0.4) is 0 Å². The number of nitrogens with zero attached hydrogens (tertiary/aromatic N) is 1. The van der Waals surface area contributed by atoms with Gasteiger partial charge >= 0.3 is 6.18 Å². The number of rotatable bonds is 8. The van der Waals surface area contributed by atoms with Gasteiger partial charge in [-0.1, -0.05) is 18.6 Å². The van der Waals surface area contributed by atoms with E-state index in [1.54, 1.807) is 11.8 Å². The highest BCUT2D eigenvalue weighted by atomic mass is 32.2. The minimum Gasteiger partial charge on any atom is -0.389 e. The van der Waals surface area contributed by atoms with Crippen LogP contribution in [0.15, 0.2) is 12.1 Å². The first kappa shape index (κ1) is 18.0. The van der Waals surface area contributed by atoms with Crippen LogP contribution in [0.2, 0.25) is 0 Å². The molecule has 0 aromatic carbocycles. The normalized spacial score (nSPS) is 11.4. The maximum Gasteiger partial charge on any atom is 0.433 e. The van der Waals surface area contributed by atoms with Crippen molar-refractivity contribution in [3.63, 3.8) is 0 Å². The molecular weight excluding hydrogens is 319 g/mol. The average Bonchev–Trinajstić information content (AvgIpc) is 2.41. The van der Waals surface area contributed by atoms with E-state index in [9.17, 15) is 13.2 Å². The average molecular weight is 337 g/mol. The molecule has 0 bridgehead atoms. The fourth-order valence-corrected chi connectivity index (χ4v) is 2.36. The number of pyridine rings is 1. The first-order valence-electron chi connectivity index (χ1n) is 6.47. The van der Waals surface area contributed by atoms with Crippen LogP contribution in [0.5, 0.6) is 0 Å². The number of nitrogens with one attached hydrogen (secondary N) is 1. The lowest BCUT2D eigenvalue weighted by Gasteiger charge is -2.13. The smallest absolute Gasteiger partial charge is 0.389 e. The van der Waals surface area contributed by atoms with Crippen molar-refractivity contribution >= 4 is 34.8 Å². The lowest BCUT2D eigenvalue weighted by atomic mass is 10.2. The summed E-state index contributed by atoms with van der Waals surface area (Å²) in [4.78, 5) is 3.62. The summed E-state index contributed by atoms with van der Waals surface area (Å²) in [5.74, 6) is 1.18. The molecular formula is C13H18F3N3S2. The molecule has 0 fully saturated rings. The monoisotopic (exact) mass is 337 g/mol. The van der Waals surface area contributed by atoms with Crippen molar-refractivity contribution in [1.29, 1.82) is 0 Å². The maximum absolute atomic E-state index is 12.7. The second-order valence-electron chi connectivity index (χ2n) is 4.43. The molecule has 1 aromatic heterocycles. The molecule has 3 nitrogen and oxygen atoms in total. The van der Waals surface area contributed by atoms with Crippen molar-refractivity contribution in [3.8, 4) is 0 Å². The van der Waals surface area contributed by atoms with Crippen molar-refractivity contribution in [3.05, 3.63) is 23.4 Å². The third-order valence-corrected chi connectivity index (χ3v) is 3.69. The molecule has 0 atom stereocenters. The Labute approximate surface area is 131 Å². The standard InChI is InChI=1S/C13H18F3N3S2/c1-21-8-4-2-3-7-18-12-9(11(17)20)5-6-10(19-12)13(14,15)16/h5-6H,2-4,7-8H2,1H3,(H2,17,20)(H,18,19). The highest BCUT2D eigenvalue weighted by molar-refractivity contribution is 7.98. The Kier molecular flexibility index (Phi) is 7.24. The molecule has 1 heterocycles. The SMILES string of the molecule is CSCCCCCNc1nc(C(F)(F)F)ccc1C(N)=S. The molecule has 0 spiro atoms. The van der Waals surface area contributed by atoms with Gasteiger partial charge in [-0.3, -0.25) is 0 Å². The Balaban J connectivity index is 2.71. The second kappa shape index (κ2) is 8.43. The summed E-state index contributed by atoms with van der Waals surface area (Å²) in [6, 6.07) is 2.15. The first-order chi connectivity index (χ1) is 9.86. The van der Waals surface area contributed by atoms with Crippen molar-refractivity contribution < 1.29 is 13.2 Å². The Morgan fingerprint density at radius 2 is 2.05 bits per heavy atom. The lowest BCUT2D eigenvalue weighted by molar-refractivity contribution is -0.141. The largest absolute Gasteiger partial charge is 0.433 e. The van der Waals surface area contributed by atoms with Gasteiger partial charge in [-0.15, -0.1) is 0 Å². The van der Waals surface area contributed by atoms with E-state index in [-0.39, 0.29) is 10.8 Å². The second-order valence-corrected chi connectivity index (χ2v) is 5.86. The van der Waals surface area contributed by atoms with Crippen LogP contribution >= 0.6 is 24.0 Å². The van der Waals surface area contributed by atoms with E-state index in [1.807, 2.05) is 6.26 Å². The fourth-order valence-electron chi connectivity index (χ4n) is 1.71. The summed E-state index contributed by atoms with van der Waals surface area (Å²) >= 11 is 6.61. The van der Waals surface area contributed by atoms with Crippen LogP contribution in [-0.4, -0.2) is 28.5 Å². The number of anilines is 1. The molecule has 118 valence electrons. The third kappa shape index (κ3) is 6.09. The summed E-state index contributed by atoms with van der Waals surface area (Å²) in [6.07, 6.45) is 0.508. The molecule has 0 aliphatic heterocycles. The van der Waals surface area contributed by atoms with E-state index >= 15 is 0 Å². The van der Waals surface area contributed by atoms with E-state index in [4.69, 9.17) is 18.0 Å². The number of halogens is 3. The highest BCUT2D eigenvalue weighted by Gasteiger charge is 2.33. The van der Waals surface area contributed by atoms with E-state index in [0.717, 1.165) is 31.1 Å². The van der Waals surface area contributed by atoms with Gasteiger partial charge in [0.2, 0.25) is 0 Å². The Morgan fingerprint density at radius 1 is 1.33 bits per heavy atom. The zero-order chi connectivity index (χ0) is 15.9. The Morgan fingerprint density at radius 3 is 2.62 bits per heavy atom. The number of hydrogen-bond acceptors (Lipinski definition) is 4. The molecule has 21 heavy (non-hydrogen) atoms. The number of thiocarbonyl (C=S) groups is 1. The van der Waals surface area contributed by atoms with Crippen LogP contribution < -0.4 is 11.1 Å². The van der Waals surface area contributed by atoms with E-state index in [1.165, 1.54) is 6.07 Å². The van der Waals surface area contributed by atoms with Crippen LogP contribution in [0.4, 0.5) is 19.0 Å². The van der Waals surface area contributed by atoms with Crippen molar-refractivity contribution in [2.45, 2.75) is 25.4 Å². The highest BCUT2D eigenvalue weighted by Crippen LogP contribution is 2.29. The van der Waals surface area contributed by atoms with Gasteiger partial charge < -0.3 is 11.1 Å². The number of thioether (sulfide) groups is 1. The fraction of sp³-hybridized carbons (Fsp3) is 0.538. The van der Waals surface area contributed by atoms with Gasteiger partial charge in [0.15, 0.2) is 0 Å². The van der Waals surface area contributed by atoms with Crippen LogP contribution in [0, 0.1) is 0 Å². The minimum absolute atomic E-state index is 0.0288. The van der Waals surface area contributed by atoms with Crippen LogP contribution in [0.1, 0.15) is 30.5 Å². The van der Waals surface area contributed by atoms with Gasteiger partial charge in [0.1, 0.15) is 16.5 Å². The first-order valence-corrected chi connectivity index (χ1v) is 8.27. The van der Waals surface area contributed by atoms with E-state index < -0.39 is 11.9 Å². The van der Waals surface area contributed by atoms with Crippen molar-refractivity contribution in [2.75, 3.05) is 23.9 Å². The molecule has 3 N–H and O–H groups in total. The number of nitrogens with two attached hydrogens (primary N) is 1. The zero-order valence-corrected chi connectivity index (χ0v) is 13.3. The molecule has 0 saturated heterocycles. The number of hydrogen-bond donors (Lipinski definition) is 2. The predicted molar refractivity (Wildman–Crippen MR) is 85.8 cm³/mol. The molecule has 0 unspecified atom stereocenters. The number of aromatic nitrogens is 1. The number of unbranched alkanes of at least 4 members (excludes halogenated alkanes) is 2. The molecule has 0 amide bonds. The zero-order valence-electron chi connectivity index (χ0n) is 11.7. The third-order valence-electron chi connectivity index (χ3n) is 2.77. The lowest BCUT2D eigenvalue weighted by Crippen LogP contribution is -2.18. The molecule has 0 aliphatic carbocycles. The molecule has 0 radical (unpaired) electrons. The van der Waals surface area contributed by atoms with Crippen molar-refractivity contribution in [2.24, 2.45) is 5.73 Å². The predicted octanol–water partition coefficient (Wildman–Crippen LogP) is 3.68. The summed E-state index contributed by atoms with van der Waals surface area (Å²) in [6.45, 7) is 0.540.